The Balaban J connectivity index is 1.58. The number of rotatable bonds is 8. The Bertz CT molecular complexity index is 987. The second-order valence-corrected chi connectivity index (χ2v) is 6.06. The molecule has 0 radical (unpaired) electrons. The van der Waals surface area contributed by atoms with Crippen LogP contribution < -0.4 is 19.6 Å². The van der Waals surface area contributed by atoms with E-state index in [9.17, 15) is 4.79 Å². The van der Waals surface area contributed by atoms with Crippen LogP contribution in [0.1, 0.15) is 5.56 Å². The molecule has 0 aromatic heterocycles. The van der Waals surface area contributed by atoms with Gasteiger partial charge < -0.3 is 14.2 Å². The number of nitrogens with zero attached hydrogens (tertiary/aromatic N) is 1. The number of benzene rings is 3. The number of hydrazone groups is 1. The van der Waals surface area contributed by atoms with Crippen LogP contribution in [0.3, 0.4) is 0 Å². The lowest BCUT2D eigenvalue weighted by molar-refractivity contribution is -0.123. The maximum absolute atomic E-state index is 12.1. The van der Waals surface area contributed by atoms with Crippen LogP contribution in [-0.4, -0.2) is 32.9 Å². The average Bonchev–Trinajstić information content (AvgIpc) is 2.78. The summed E-state index contributed by atoms with van der Waals surface area (Å²) in [7, 11) is 3.13. The van der Waals surface area contributed by atoms with Crippen molar-refractivity contribution in [2.45, 2.75) is 0 Å². The first-order valence-corrected chi connectivity index (χ1v) is 9.02. The third-order valence-corrected chi connectivity index (χ3v) is 4.14. The molecule has 6 nitrogen and oxygen atoms in total. The molecule has 1 N–H and O–H groups in total. The van der Waals surface area contributed by atoms with E-state index in [0.29, 0.717) is 17.2 Å². The number of hydrogen-bond acceptors (Lipinski definition) is 5. The van der Waals surface area contributed by atoms with Gasteiger partial charge in [0.25, 0.3) is 5.91 Å². The van der Waals surface area contributed by atoms with Gasteiger partial charge >= 0.3 is 0 Å². The van der Waals surface area contributed by atoms with Gasteiger partial charge in [0.05, 0.1) is 20.4 Å². The molecule has 0 heterocycles. The predicted octanol–water partition coefficient (Wildman–Crippen LogP) is 3.90. The molecule has 148 valence electrons. The molecular formula is C23H22N2O4. The quantitative estimate of drug-likeness (QED) is 0.468. The zero-order valence-corrected chi connectivity index (χ0v) is 16.3. The topological polar surface area (TPSA) is 69.2 Å². The number of amides is 1. The summed E-state index contributed by atoms with van der Waals surface area (Å²) in [5.41, 5.74) is 5.17. The van der Waals surface area contributed by atoms with Gasteiger partial charge in [0.1, 0.15) is 5.75 Å². The van der Waals surface area contributed by atoms with Gasteiger partial charge in [-0.1, -0.05) is 48.5 Å². The SMILES string of the molecule is COc1ccc(/C=N\NC(=O)COc2ccccc2-c2ccccc2)cc1OC. The number of ether oxygens (including phenoxy) is 3. The highest BCUT2D eigenvalue weighted by molar-refractivity contribution is 5.84. The minimum atomic E-state index is -0.357. The van der Waals surface area contributed by atoms with Crippen LogP contribution in [0.25, 0.3) is 11.1 Å². The molecule has 3 aromatic carbocycles. The van der Waals surface area contributed by atoms with Crippen LogP contribution in [0.15, 0.2) is 77.9 Å². The van der Waals surface area contributed by atoms with Crippen molar-refractivity contribution < 1.29 is 19.0 Å². The van der Waals surface area contributed by atoms with E-state index in [0.717, 1.165) is 16.7 Å². The van der Waals surface area contributed by atoms with E-state index in [-0.39, 0.29) is 12.5 Å². The summed E-state index contributed by atoms with van der Waals surface area (Å²) in [4.78, 5) is 12.1. The molecule has 0 aliphatic carbocycles. The van der Waals surface area contributed by atoms with Crippen molar-refractivity contribution in [3.05, 3.63) is 78.4 Å². The molecule has 29 heavy (non-hydrogen) atoms. The Morgan fingerprint density at radius 2 is 1.62 bits per heavy atom. The molecule has 0 spiro atoms. The largest absolute Gasteiger partial charge is 0.493 e. The molecule has 0 saturated heterocycles. The molecule has 6 heteroatoms. The Hall–Kier alpha value is -3.80. The zero-order valence-electron chi connectivity index (χ0n) is 16.3. The van der Waals surface area contributed by atoms with Crippen molar-refractivity contribution in [2.24, 2.45) is 5.10 Å². The molecule has 0 fully saturated rings. The van der Waals surface area contributed by atoms with E-state index in [1.165, 1.54) is 6.21 Å². The maximum atomic E-state index is 12.1. The highest BCUT2D eigenvalue weighted by Crippen LogP contribution is 2.29. The fourth-order valence-electron chi connectivity index (χ4n) is 2.74. The Morgan fingerprint density at radius 1 is 0.897 bits per heavy atom. The molecule has 0 aliphatic rings. The average molecular weight is 390 g/mol. The second kappa shape index (κ2) is 9.94. The van der Waals surface area contributed by atoms with E-state index in [1.54, 1.807) is 26.4 Å². The van der Waals surface area contributed by atoms with E-state index >= 15 is 0 Å². The first-order valence-electron chi connectivity index (χ1n) is 9.02. The van der Waals surface area contributed by atoms with Crippen LogP contribution in [0.5, 0.6) is 17.2 Å². The molecule has 0 aliphatic heterocycles. The van der Waals surface area contributed by atoms with Crippen LogP contribution in [0, 0.1) is 0 Å². The smallest absolute Gasteiger partial charge is 0.277 e. The predicted molar refractivity (Wildman–Crippen MR) is 113 cm³/mol. The lowest BCUT2D eigenvalue weighted by Crippen LogP contribution is -2.24. The monoisotopic (exact) mass is 390 g/mol. The van der Waals surface area contributed by atoms with Crippen molar-refractivity contribution in [1.82, 2.24) is 5.43 Å². The van der Waals surface area contributed by atoms with Gasteiger partial charge in [0.2, 0.25) is 0 Å². The van der Waals surface area contributed by atoms with Gasteiger partial charge in [-0.15, -0.1) is 0 Å². The lowest BCUT2D eigenvalue weighted by Gasteiger charge is -2.11. The third-order valence-electron chi connectivity index (χ3n) is 4.14. The van der Waals surface area contributed by atoms with Gasteiger partial charge in [-0.3, -0.25) is 4.79 Å². The number of nitrogens with one attached hydrogen (secondary N) is 1. The zero-order chi connectivity index (χ0) is 20.5. The number of hydrogen-bond donors (Lipinski definition) is 1. The van der Waals surface area contributed by atoms with Gasteiger partial charge in [-0.05, 0) is 35.4 Å². The fraction of sp³-hybridized carbons (Fsp3) is 0.130. The molecule has 3 rings (SSSR count). The van der Waals surface area contributed by atoms with Crippen molar-refractivity contribution in [2.75, 3.05) is 20.8 Å². The van der Waals surface area contributed by atoms with E-state index in [2.05, 4.69) is 10.5 Å². The first kappa shape index (κ1) is 19.9. The Labute approximate surface area is 169 Å². The van der Waals surface area contributed by atoms with E-state index < -0.39 is 0 Å². The molecular weight excluding hydrogens is 368 g/mol. The van der Waals surface area contributed by atoms with Gasteiger partial charge in [-0.2, -0.15) is 5.10 Å². The molecule has 0 atom stereocenters. The summed E-state index contributed by atoms with van der Waals surface area (Å²) in [6, 6.07) is 22.8. The normalized spacial score (nSPS) is 10.6. The molecule has 3 aromatic rings. The minimum absolute atomic E-state index is 0.146. The summed E-state index contributed by atoms with van der Waals surface area (Å²) in [5, 5.41) is 3.96. The maximum Gasteiger partial charge on any atom is 0.277 e. The van der Waals surface area contributed by atoms with Crippen LogP contribution >= 0.6 is 0 Å². The first-order chi connectivity index (χ1) is 14.2. The summed E-state index contributed by atoms with van der Waals surface area (Å²) < 4.78 is 16.1. The van der Waals surface area contributed by atoms with Crippen molar-refractivity contribution >= 4 is 12.1 Å². The van der Waals surface area contributed by atoms with Crippen molar-refractivity contribution in [3.63, 3.8) is 0 Å². The van der Waals surface area contributed by atoms with Crippen molar-refractivity contribution in [1.29, 1.82) is 0 Å². The summed E-state index contributed by atoms with van der Waals surface area (Å²) >= 11 is 0. The van der Waals surface area contributed by atoms with Crippen molar-refractivity contribution in [3.8, 4) is 28.4 Å². The second-order valence-electron chi connectivity index (χ2n) is 6.06. The van der Waals surface area contributed by atoms with Gasteiger partial charge in [-0.25, -0.2) is 5.43 Å². The summed E-state index contributed by atoms with van der Waals surface area (Å²) in [5.74, 6) is 1.49. The van der Waals surface area contributed by atoms with Gasteiger partial charge in [0.15, 0.2) is 18.1 Å². The molecule has 0 unspecified atom stereocenters. The van der Waals surface area contributed by atoms with Gasteiger partial charge in [0, 0.05) is 5.56 Å². The van der Waals surface area contributed by atoms with Crippen LogP contribution in [0.2, 0.25) is 0 Å². The summed E-state index contributed by atoms with van der Waals surface area (Å²) in [6.07, 6.45) is 1.53. The van der Waals surface area contributed by atoms with Crippen LogP contribution in [0.4, 0.5) is 0 Å². The van der Waals surface area contributed by atoms with Crippen LogP contribution in [-0.2, 0) is 4.79 Å². The summed E-state index contributed by atoms with van der Waals surface area (Å²) in [6.45, 7) is -0.146. The lowest BCUT2D eigenvalue weighted by atomic mass is 10.1. The highest BCUT2D eigenvalue weighted by Gasteiger charge is 2.08. The van der Waals surface area contributed by atoms with E-state index in [4.69, 9.17) is 14.2 Å². The molecule has 1 amide bonds. The number of para-hydroxylation sites is 1. The molecule has 0 bridgehead atoms. The third kappa shape index (κ3) is 5.35. The number of methoxy groups -OCH3 is 2. The standard InChI is InChI=1S/C23H22N2O4/c1-27-21-13-12-17(14-22(21)28-2)15-24-25-23(26)16-29-20-11-7-6-10-19(20)18-8-4-3-5-9-18/h3-15H,16H2,1-2H3,(H,25,26)/b24-15-. The minimum Gasteiger partial charge on any atom is -0.493 e. The van der Waals surface area contributed by atoms with E-state index in [1.807, 2.05) is 60.7 Å². The molecule has 0 saturated carbocycles. The fourth-order valence-corrected chi connectivity index (χ4v) is 2.74. The highest BCUT2D eigenvalue weighted by atomic mass is 16.5. The number of carbonyl (C=O) groups excluding carboxylic acids is 1. The number of carbonyl (C=O) groups is 1. The Morgan fingerprint density at radius 3 is 2.38 bits per heavy atom. The Kier molecular flexibility index (Phi) is 6.84.